The number of fused-ring (bicyclic) bond motifs is 1. The first-order valence-electron chi connectivity index (χ1n) is 8.55. The molecule has 8 nitrogen and oxygen atoms in total. The highest BCUT2D eigenvalue weighted by molar-refractivity contribution is 9.10. The lowest BCUT2D eigenvalue weighted by atomic mass is 9.81. The lowest BCUT2D eigenvalue weighted by molar-refractivity contribution is 0.320. The third kappa shape index (κ3) is 3.01. The maximum absolute atomic E-state index is 9.44. The summed E-state index contributed by atoms with van der Waals surface area (Å²) >= 11 is 3.32. The second-order valence-corrected chi connectivity index (χ2v) is 7.32. The van der Waals surface area contributed by atoms with Crippen LogP contribution >= 0.6 is 15.9 Å². The minimum Gasteiger partial charge on any atom is -0.496 e. The van der Waals surface area contributed by atoms with E-state index >= 15 is 0 Å². The molecule has 1 fully saturated rings. The van der Waals surface area contributed by atoms with Crippen LogP contribution in [0.4, 0.5) is 5.95 Å². The number of nitrogens with zero attached hydrogens (tertiary/aromatic N) is 5. The van der Waals surface area contributed by atoms with Crippen molar-refractivity contribution in [2.45, 2.75) is 18.4 Å². The topological polar surface area (TPSA) is 117 Å². The number of H-pyrrole nitrogens is 1. The van der Waals surface area contributed by atoms with E-state index in [0.29, 0.717) is 40.4 Å². The number of aromatic nitrogens is 4. The molecule has 3 aromatic rings. The monoisotopic (exact) mass is 427 g/mol. The largest absolute Gasteiger partial charge is 0.496 e. The second kappa shape index (κ2) is 6.79. The smallest absolute Gasteiger partial charge is 0.228 e. The van der Waals surface area contributed by atoms with Gasteiger partial charge in [0.1, 0.15) is 16.4 Å². The zero-order chi connectivity index (χ0) is 19.0. The standard InChI is InChI=1S/C18H18BrN7O/c1-27-13-5-3-2-4-11(13)18(21)6-8-26(9-7-18)17-22-12(10-20)14-15(19)24-25-16(14)23-17/h2-5H,6-9,21H2,1H3,(H,22,23,24,25). The number of hydrogen-bond acceptors (Lipinski definition) is 7. The van der Waals surface area contributed by atoms with Crippen molar-refractivity contribution in [2.24, 2.45) is 5.73 Å². The number of halogens is 1. The molecule has 0 unspecified atom stereocenters. The predicted octanol–water partition coefficient (Wildman–Crippen LogP) is 2.45. The van der Waals surface area contributed by atoms with Crippen LogP contribution < -0.4 is 15.4 Å². The van der Waals surface area contributed by atoms with Crippen molar-refractivity contribution in [3.63, 3.8) is 0 Å². The molecule has 1 aliphatic heterocycles. The lowest BCUT2D eigenvalue weighted by Gasteiger charge is -2.40. The number of aromatic amines is 1. The minimum absolute atomic E-state index is 0.296. The average molecular weight is 428 g/mol. The molecule has 0 aliphatic carbocycles. The molecule has 2 aromatic heterocycles. The van der Waals surface area contributed by atoms with E-state index in [1.54, 1.807) is 7.11 Å². The molecule has 138 valence electrons. The van der Waals surface area contributed by atoms with E-state index in [4.69, 9.17) is 10.5 Å². The lowest BCUT2D eigenvalue weighted by Crippen LogP contribution is -2.48. The Kier molecular flexibility index (Phi) is 4.45. The van der Waals surface area contributed by atoms with E-state index in [0.717, 1.165) is 24.2 Å². The summed E-state index contributed by atoms with van der Waals surface area (Å²) < 4.78 is 6.02. The SMILES string of the molecule is COc1ccccc1C1(N)CCN(c2nc(C#N)c3c(Br)n[nH]c3n2)CC1. The molecule has 27 heavy (non-hydrogen) atoms. The van der Waals surface area contributed by atoms with Gasteiger partial charge in [0.25, 0.3) is 0 Å². The van der Waals surface area contributed by atoms with Crippen LogP contribution in [-0.2, 0) is 5.54 Å². The number of nitrogens with one attached hydrogen (secondary N) is 1. The Labute approximate surface area is 164 Å². The van der Waals surface area contributed by atoms with Crippen molar-refractivity contribution in [2.75, 3.05) is 25.1 Å². The van der Waals surface area contributed by atoms with E-state index in [2.05, 4.69) is 47.1 Å². The number of hydrogen-bond donors (Lipinski definition) is 2. The normalized spacial score (nSPS) is 16.3. The van der Waals surface area contributed by atoms with Gasteiger partial charge in [-0.15, -0.1) is 0 Å². The molecule has 3 N–H and O–H groups in total. The molecule has 1 aromatic carbocycles. The third-order valence-electron chi connectivity index (χ3n) is 5.05. The number of nitrogens with two attached hydrogens (primary N) is 1. The van der Waals surface area contributed by atoms with Crippen molar-refractivity contribution in [3.05, 3.63) is 40.1 Å². The summed E-state index contributed by atoms with van der Waals surface area (Å²) in [6.45, 7) is 1.36. The summed E-state index contributed by atoms with van der Waals surface area (Å²) in [5, 5.41) is 16.9. The molecule has 3 heterocycles. The predicted molar refractivity (Wildman–Crippen MR) is 104 cm³/mol. The number of para-hydroxylation sites is 1. The summed E-state index contributed by atoms with van der Waals surface area (Å²) in [5.74, 6) is 1.32. The van der Waals surface area contributed by atoms with Crippen molar-refractivity contribution in [1.82, 2.24) is 20.2 Å². The van der Waals surface area contributed by atoms with Gasteiger partial charge in [-0.2, -0.15) is 15.3 Å². The number of piperidine rings is 1. The van der Waals surface area contributed by atoms with Gasteiger partial charge in [-0.05, 0) is 34.8 Å². The highest BCUT2D eigenvalue weighted by Gasteiger charge is 2.35. The Morgan fingerprint density at radius 3 is 2.74 bits per heavy atom. The van der Waals surface area contributed by atoms with Crippen LogP contribution in [0.2, 0.25) is 0 Å². The number of methoxy groups -OCH3 is 1. The maximum Gasteiger partial charge on any atom is 0.228 e. The van der Waals surface area contributed by atoms with E-state index in [1.165, 1.54) is 0 Å². The van der Waals surface area contributed by atoms with Gasteiger partial charge in [-0.1, -0.05) is 18.2 Å². The fourth-order valence-corrected chi connectivity index (χ4v) is 4.00. The summed E-state index contributed by atoms with van der Waals surface area (Å²) in [4.78, 5) is 11.0. The molecular formula is C18H18BrN7O. The Morgan fingerprint density at radius 1 is 1.30 bits per heavy atom. The van der Waals surface area contributed by atoms with Crippen LogP contribution in [0, 0.1) is 11.3 Å². The Hall–Kier alpha value is -2.70. The number of nitriles is 1. The number of rotatable bonds is 3. The Balaban J connectivity index is 1.61. The zero-order valence-electron chi connectivity index (χ0n) is 14.7. The van der Waals surface area contributed by atoms with Gasteiger partial charge in [0.2, 0.25) is 5.95 Å². The van der Waals surface area contributed by atoms with Crippen molar-refractivity contribution < 1.29 is 4.74 Å². The van der Waals surface area contributed by atoms with Gasteiger partial charge in [-0.3, -0.25) is 5.10 Å². The summed E-state index contributed by atoms with van der Waals surface area (Å²) in [6, 6.07) is 10.00. The summed E-state index contributed by atoms with van der Waals surface area (Å²) in [7, 11) is 1.66. The summed E-state index contributed by atoms with van der Waals surface area (Å²) in [5.41, 5.74) is 8.10. The molecule has 0 bridgehead atoms. The number of benzene rings is 1. The van der Waals surface area contributed by atoms with E-state index in [9.17, 15) is 5.26 Å². The molecule has 1 saturated heterocycles. The second-order valence-electron chi connectivity index (χ2n) is 6.57. The van der Waals surface area contributed by atoms with Gasteiger partial charge >= 0.3 is 0 Å². The van der Waals surface area contributed by atoms with Crippen molar-refractivity contribution in [3.8, 4) is 11.8 Å². The number of anilines is 1. The van der Waals surface area contributed by atoms with Crippen LogP contribution in [0.1, 0.15) is 24.1 Å². The van der Waals surface area contributed by atoms with Gasteiger partial charge in [0.15, 0.2) is 11.3 Å². The quantitative estimate of drug-likeness (QED) is 0.658. The van der Waals surface area contributed by atoms with E-state index in [-0.39, 0.29) is 0 Å². The molecule has 4 rings (SSSR count). The molecular weight excluding hydrogens is 410 g/mol. The van der Waals surface area contributed by atoms with Gasteiger partial charge in [0, 0.05) is 24.2 Å². The Bertz CT molecular complexity index is 1030. The first-order valence-corrected chi connectivity index (χ1v) is 9.34. The summed E-state index contributed by atoms with van der Waals surface area (Å²) in [6.07, 6.45) is 1.45. The first kappa shape index (κ1) is 17.7. The average Bonchev–Trinajstić information content (AvgIpc) is 3.09. The highest BCUT2D eigenvalue weighted by Crippen LogP contribution is 2.37. The molecule has 0 amide bonds. The van der Waals surface area contributed by atoms with Crippen LogP contribution in [0.3, 0.4) is 0 Å². The minimum atomic E-state index is -0.470. The molecule has 0 spiro atoms. The van der Waals surface area contributed by atoms with Crippen LogP contribution in [0.5, 0.6) is 5.75 Å². The first-order chi connectivity index (χ1) is 13.1. The van der Waals surface area contributed by atoms with E-state index in [1.807, 2.05) is 24.3 Å². The Morgan fingerprint density at radius 2 is 2.04 bits per heavy atom. The van der Waals surface area contributed by atoms with Crippen molar-refractivity contribution in [1.29, 1.82) is 5.26 Å². The molecule has 9 heteroatoms. The fraction of sp³-hybridized carbons (Fsp3) is 0.333. The van der Waals surface area contributed by atoms with Crippen LogP contribution in [0.15, 0.2) is 28.9 Å². The third-order valence-corrected chi connectivity index (χ3v) is 5.63. The molecule has 0 radical (unpaired) electrons. The zero-order valence-corrected chi connectivity index (χ0v) is 16.3. The van der Waals surface area contributed by atoms with Crippen LogP contribution in [-0.4, -0.2) is 40.4 Å². The van der Waals surface area contributed by atoms with Crippen molar-refractivity contribution >= 4 is 32.9 Å². The number of ether oxygens (including phenoxy) is 1. The molecule has 0 atom stereocenters. The van der Waals surface area contributed by atoms with Gasteiger partial charge in [-0.25, -0.2) is 4.98 Å². The fourth-order valence-electron chi connectivity index (χ4n) is 3.54. The van der Waals surface area contributed by atoms with Crippen LogP contribution in [0.25, 0.3) is 11.0 Å². The van der Waals surface area contributed by atoms with Gasteiger partial charge < -0.3 is 15.4 Å². The van der Waals surface area contributed by atoms with E-state index < -0.39 is 5.54 Å². The highest BCUT2D eigenvalue weighted by atomic mass is 79.9. The maximum atomic E-state index is 9.44. The molecule has 0 saturated carbocycles. The van der Waals surface area contributed by atoms with Gasteiger partial charge in [0.05, 0.1) is 12.5 Å². The molecule has 1 aliphatic rings.